The van der Waals surface area contributed by atoms with Gasteiger partial charge in [0.25, 0.3) is 0 Å². The Morgan fingerprint density at radius 3 is 2.70 bits per heavy atom. The minimum atomic E-state index is -0.820. The second kappa shape index (κ2) is 5.67. The zero-order valence-electron chi connectivity index (χ0n) is 12.3. The van der Waals surface area contributed by atoms with E-state index in [2.05, 4.69) is 26.1 Å². The second-order valence-corrected chi connectivity index (χ2v) is 5.78. The van der Waals surface area contributed by atoms with Gasteiger partial charge in [0.15, 0.2) is 0 Å². The van der Waals surface area contributed by atoms with Crippen LogP contribution in [0.2, 0.25) is 0 Å². The van der Waals surface area contributed by atoms with Gasteiger partial charge < -0.3 is 15.0 Å². The van der Waals surface area contributed by atoms with E-state index >= 15 is 0 Å². The molecular weight excluding hydrogens is 252 g/mol. The number of nitrogens with zero attached hydrogens (tertiary/aromatic N) is 1. The van der Waals surface area contributed by atoms with Crippen LogP contribution in [-0.4, -0.2) is 21.2 Å². The topological polar surface area (TPSA) is 54.3 Å². The van der Waals surface area contributed by atoms with Crippen LogP contribution in [0.5, 0.6) is 0 Å². The molecule has 0 aliphatic heterocycles. The number of nitrogens with one attached hydrogen (secondary N) is 1. The molecule has 0 saturated heterocycles. The number of carbonyl (C=O) groups is 1. The first-order valence-corrected chi connectivity index (χ1v) is 6.96. The number of hydrogen-bond donors (Lipinski definition) is 2. The van der Waals surface area contributed by atoms with Crippen LogP contribution in [-0.2, 0) is 17.9 Å². The minimum Gasteiger partial charge on any atom is -0.480 e. The van der Waals surface area contributed by atoms with Crippen molar-refractivity contribution >= 4 is 16.9 Å². The molecule has 108 valence electrons. The lowest BCUT2D eigenvalue weighted by atomic mass is 10.0. The molecule has 0 amide bonds. The SMILES string of the molecule is CCC(C)(C)NCc1cn(CC(=O)O)c2ccccc12. The van der Waals surface area contributed by atoms with Crippen LogP contribution >= 0.6 is 0 Å². The van der Waals surface area contributed by atoms with Crippen molar-refractivity contribution in [3.05, 3.63) is 36.0 Å². The molecule has 1 aromatic carbocycles. The van der Waals surface area contributed by atoms with Gasteiger partial charge in [0, 0.05) is 29.2 Å². The molecule has 1 heterocycles. The number of hydrogen-bond acceptors (Lipinski definition) is 2. The molecule has 0 spiro atoms. The van der Waals surface area contributed by atoms with Crippen LogP contribution < -0.4 is 5.32 Å². The van der Waals surface area contributed by atoms with Crippen LogP contribution in [0.1, 0.15) is 32.8 Å². The van der Waals surface area contributed by atoms with Crippen LogP contribution in [0.25, 0.3) is 10.9 Å². The lowest BCUT2D eigenvalue weighted by molar-refractivity contribution is -0.137. The van der Waals surface area contributed by atoms with E-state index in [1.807, 2.05) is 30.5 Å². The minimum absolute atomic E-state index is 0.00230. The highest BCUT2D eigenvalue weighted by Gasteiger charge is 2.16. The summed E-state index contributed by atoms with van der Waals surface area (Å²) >= 11 is 0. The van der Waals surface area contributed by atoms with Crippen molar-refractivity contribution in [1.29, 1.82) is 0 Å². The maximum Gasteiger partial charge on any atom is 0.323 e. The highest BCUT2D eigenvalue weighted by molar-refractivity contribution is 5.85. The van der Waals surface area contributed by atoms with Crippen molar-refractivity contribution in [2.45, 2.75) is 45.8 Å². The number of aliphatic carboxylic acids is 1. The van der Waals surface area contributed by atoms with Gasteiger partial charge >= 0.3 is 5.97 Å². The molecule has 4 nitrogen and oxygen atoms in total. The van der Waals surface area contributed by atoms with Crippen molar-refractivity contribution in [3.8, 4) is 0 Å². The van der Waals surface area contributed by atoms with Crippen molar-refractivity contribution in [2.24, 2.45) is 0 Å². The van der Waals surface area contributed by atoms with Crippen molar-refractivity contribution in [3.63, 3.8) is 0 Å². The second-order valence-electron chi connectivity index (χ2n) is 5.78. The molecule has 2 N–H and O–H groups in total. The molecule has 0 radical (unpaired) electrons. The van der Waals surface area contributed by atoms with Gasteiger partial charge in [-0.05, 0) is 31.9 Å². The number of aromatic nitrogens is 1. The Labute approximate surface area is 119 Å². The largest absolute Gasteiger partial charge is 0.480 e. The standard InChI is InChI=1S/C16H22N2O2/c1-4-16(2,3)17-9-12-10-18(11-15(19)20)14-8-6-5-7-13(12)14/h5-8,10,17H,4,9,11H2,1-3H3,(H,19,20). The molecular formula is C16H22N2O2. The number of rotatable bonds is 6. The van der Waals surface area contributed by atoms with E-state index in [1.165, 1.54) is 0 Å². The zero-order valence-corrected chi connectivity index (χ0v) is 12.3. The summed E-state index contributed by atoms with van der Waals surface area (Å²) in [6.45, 7) is 7.24. The Bertz CT molecular complexity index is 614. The average Bonchev–Trinajstić information content (AvgIpc) is 2.75. The molecule has 0 atom stereocenters. The summed E-state index contributed by atoms with van der Waals surface area (Å²) in [5, 5.41) is 13.6. The molecule has 2 rings (SSSR count). The van der Waals surface area contributed by atoms with Gasteiger partial charge in [0.2, 0.25) is 0 Å². The Kier molecular flexibility index (Phi) is 4.14. The molecule has 4 heteroatoms. The van der Waals surface area contributed by atoms with Gasteiger partial charge in [-0.2, -0.15) is 0 Å². The van der Waals surface area contributed by atoms with Gasteiger partial charge in [-0.1, -0.05) is 25.1 Å². The molecule has 0 aliphatic rings. The molecule has 0 saturated carbocycles. The predicted octanol–water partition coefficient (Wildman–Crippen LogP) is 3.00. The average molecular weight is 274 g/mol. The summed E-state index contributed by atoms with van der Waals surface area (Å²) in [6, 6.07) is 7.94. The van der Waals surface area contributed by atoms with E-state index in [4.69, 9.17) is 5.11 Å². The van der Waals surface area contributed by atoms with Gasteiger partial charge in [-0.15, -0.1) is 0 Å². The predicted molar refractivity (Wildman–Crippen MR) is 80.8 cm³/mol. The number of fused-ring (bicyclic) bond motifs is 1. The van der Waals surface area contributed by atoms with Gasteiger partial charge in [0.1, 0.15) is 6.54 Å². The molecule has 0 fully saturated rings. The Morgan fingerprint density at radius 2 is 2.05 bits per heavy atom. The quantitative estimate of drug-likeness (QED) is 0.851. The van der Waals surface area contributed by atoms with Crippen LogP contribution in [0, 0.1) is 0 Å². The first-order chi connectivity index (χ1) is 9.43. The van der Waals surface area contributed by atoms with Gasteiger partial charge in [-0.25, -0.2) is 0 Å². The van der Waals surface area contributed by atoms with Crippen LogP contribution in [0.15, 0.2) is 30.5 Å². The fraction of sp³-hybridized carbons (Fsp3) is 0.438. The fourth-order valence-electron chi connectivity index (χ4n) is 2.20. The summed E-state index contributed by atoms with van der Waals surface area (Å²) in [5.74, 6) is -0.820. The van der Waals surface area contributed by atoms with E-state index in [0.717, 1.165) is 29.4 Å². The molecule has 0 aliphatic carbocycles. The van der Waals surface area contributed by atoms with Gasteiger partial charge in [0.05, 0.1) is 0 Å². The smallest absolute Gasteiger partial charge is 0.323 e. The van der Waals surface area contributed by atoms with Crippen molar-refractivity contribution < 1.29 is 9.90 Å². The Hall–Kier alpha value is -1.81. The van der Waals surface area contributed by atoms with E-state index in [-0.39, 0.29) is 12.1 Å². The monoisotopic (exact) mass is 274 g/mol. The summed E-state index contributed by atoms with van der Waals surface area (Å²) in [4.78, 5) is 10.9. The number of carboxylic acids is 1. The molecule has 1 aromatic heterocycles. The van der Waals surface area contributed by atoms with Crippen molar-refractivity contribution in [2.75, 3.05) is 0 Å². The van der Waals surface area contributed by atoms with E-state index in [0.29, 0.717) is 0 Å². The molecule has 0 unspecified atom stereocenters. The summed E-state index contributed by atoms with van der Waals surface area (Å²) in [7, 11) is 0. The van der Waals surface area contributed by atoms with E-state index in [9.17, 15) is 4.79 Å². The maximum atomic E-state index is 10.9. The summed E-state index contributed by atoms with van der Waals surface area (Å²) in [6.07, 6.45) is 2.98. The van der Waals surface area contributed by atoms with Crippen LogP contribution in [0.4, 0.5) is 0 Å². The Balaban J connectivity index is 2.31. The van der Waals surface area contributed by atoms with Crippen molar-refractivity contribution in [1.82, 2.24) is 9.88 Å². The Morgan fingerprint density at radius 1 is 1.35 bits per heavy atom. The van der Waals surface area contributed by atoms with E-state index in [1.54, 1.807) is 4.57 Å². The highest BCUT2D eigenvalue weighted by atomic mass is 16.4. The maximum absolute atomic E-state index is 10.9. The lowest BCUT2D eigenvalue weighted by Gasteiger charge is -2.24. The van der Waals surface area contributed by atoms with E-state index < -0.39 is 5.97 Å². The summed E-state index contributed by atoms with van der Waals surface area (Å²) in [5.41, 5.74) is 2.19. The zero-order chi connectivity index (χ0) is 14.8. The van der Waals surface area contributed by atoms with Gasteiger partial charge in [-0.3, -0.25) is 4.79 Å². The lowest BCUT2D eigenvalue weighted by Crippen LogP contribution is -2.37. The number of carboxylic acid groups (broad SMARTS) is 1. The first kappa shape index (κ1) is 14.6. The van der Waals surface area contributed by atoms with Crippen LogP contribution in [0.3, 0.4) is 0 Å². The normalized spacial score (nSPS) is 11.9. The third kappa shape index (κ3) is 3.20. The molecule has 2 aromatic rings. The summed E-state index contributed by atoms with van der Waals surface area (Å²) < 4.78 is 1.80. The third-order valence-electron chi connectivity index (χ3n) is 3.82. The first-order valence-electron chi connectivity index (χ1n) is 6.96. The number of benzene rings is 1. The molecule has 0 bridgehead atoms. The fourth-order valence-corrected chi connectivity index (χ4v) is 2.20. The highest BCUT2D eigenvalue weighted by Crippen LogP contribution is 2.22. The molecule has 20 heavy (non-hydrogen) atoms. The third-order valence-corrected chi connectivity index (χ3v) is 3.82. The number of para-hydroxylation sites is 1.